The van der Waals surface area contributed by atoms with E-state index in [-0.39, 0.29) is 24.1 Å². The first-order valence-electron chi connectivity index (χ1n) is 11.5. The zero-order valence-corrected chi connectivity index (χ0v) is 18.4. The average Bonchev–Trinajstić information content (AvgIpc) is 3.29. The molecular weight excluding hydrogens is 418 g/mol. The minimum Gasteiger partial charge on any atom is -0.486 e. The lowest BCUT2D eigenvalue weighted by molar-refractivity contribution is 0.0923. The largest absolute Gasteiger partial charge is 0.486 e. The van der Waals surface area contributed by atoms with Crippen molar-refractivity contribution in [3.63, 3.8) is 0 Å². The highest BCUT2D eigenvalue weighted by Crippen LogP contribution is 2.23. The van der Waals surface area contributed by atoms with Crippen molar-refractivity contribution in [2.45, 2.75) is 57.6 Å². The summed E-state index contributed by atoms with van der Waals surface area (Å²) in [5, 5.41) is 6.16. The number of allylic oxidation sites excluding steroid dienone is 4. The molecule has 1 saturated carbocycles. The molecule has 2 aliphatic rings. The van der Waals surface area contributed by atoms with Crippen LogP contribution < -0.4 is 15.6 Å². The van der Waals surface area contributed by atoms with Gasteiger partial charge < -0.3 is 10.1 Å². The molecule has 2 aromatic heterocycles. The zero-order valence-electron chi connectivity index (χ0n) is 18.4. The number of aromatic nitrogens is 4. The van der Waals surface area contributed by atoms with E-state index in [4.69, 9.17) is 4.74 Å². The summed E-state index contributed by atoms with van der Waals surface area (Å²) in [7, 11) is 0. The first-order valence-corrected chi connectivity index (χ1v) is 11.5. The van der Waals surface area contributed by atoms with E-state index in [9.17, 15) is 9.59 Å². The van der Waals surface area contributed by atoms with Gasteiger partial charge in [-0.25, -0.2) is 4.98 Å². The van der Waals surface area contributed by atoms with Crippen LogP contribution in [0.2, 0.25) is 0 Å². The summed E-state index contributed by atoms with van der Waals surface area (Å²) in [4.78, 5) is 34.4. The predicted octanol–water partition coefficient (Wildman–Crippen LogP) is 3.79. The third-order valence-electron chi connectivity index (χ3n) is 6.15. The second-order valence-corrected chi connectivity index (χ2v) is 8.55. The third kappa shape index (κ3) is 4.74. The highest BCUT2D eigenvalue weighted by molar-refractivity contribution is 5.97. The smallest absolute Gasteiger partial charge is 0.274 e. The van der Waals surface area contributed by atoms with Gasteiger partial charge in [0, 0.05) is 12.1 Å². The van der Waals surface area contributed by atoms with Crippen LogP contribution in [0.3, 0.4) is 0 Å². The van der Waals surface area contributed by atoms with E-state index in [1.54, 1.807) is 12.1 Å². The molecule has 0 bridgehead atoms. The summed E-state index contributed by atoms with van der Waals surface area (Å²) in [5.74, 6) is 1.28. The number of benzene rings is 1. The van der Waals surface area contributed by atoms with Gasteiger partial charge in [0.25, 0.3) is 17.2 Å². The van der Waals surface area contributed by atoms with E-state index in [0.717, 1.165) is 44.1 Å². The van der Waals surface area contributed by atoms with Gasteiger partial charge in [-0.1, -0.05) is 49.6 Å². The molecule has 3 aromatic rings. The molecule has 33 heavy (non-hydrogen) atoms. The van der Waals surface area contributed by atoms with Crippen LogP contribution in [0.25, 0.3) is 11.4 Å². The Kier molecular flexibility index (Phi) is 6.06. The van der Waals surface area contributed by atoms with Crippen LogP contribution in [-0.4, -0.2) is 31.5 Å². The van der Waals surface area contributed by atoms with Crippen LogP contribution in [0.4, 0.5) is 0 Å². The number of ether oxygens (including phenoxy) is 1. The van der Waals surface area contributed by atoms with Crippen LogP contribution in [0.5, 0.6) is 5.75 Å². The summed E-state index contributed by atoms with van der Waals surface area (Å²) >= 11 is 0. The van der Waals surface area contributed by atoms with Gasteiger partial charge in [0.1, 0.15) is 12.4 Å². The van der Waals surface area contributed by atoms with Gasteiger partial charge >= 0.3 is 0 Å². The molecular formula is C25H27N5O3. The minimum atomic E-state index is -0.257. The third-order valence-corrected chi connectivity index (χ3v) is 6.15. The van der Waals surface area contributed by atoms with Gasteiger partial charge in [-0.3, -0.25) is 14.7 Å². The van der Waals surface area contributed by atoms with E-state index >= 15 is 0 Å². The normalized spacial score (nSPS) is 16.5. The Morgan fingerprint density at radius 2 is 2.03 bits per heavy atom. The first-order chi connectivity index (χ1) is 16.2. The van der Waals surface area contributed by atoms with Gasteiger partial charge in [0.15, 0.2) is 5.82 Å². The van der Waals surface area contributed by atoms with E-state index in [0.29, 0.717) is 28.6 Å². The zero-order chi connectivity index (χ0) is 22.6. The van der Waals surface area contributed by atoms with Gasteiger partial charge in [0.2, 0.25) is 0 Å². The van der Waals surface area contributed by atoms with Crippen LogP contribution >= 0.6 is 0 Å². The summed E-state index contributed by atoms with van der Waals surface area (Å²) in [6, 6.07) is 8.80. The second kappa shape index (κ2) is 9.44. The fourth-order valence-electron chi connectivity index (χ4n) is 4.39. The Morgan fingerprint density at radius 3 is 2.85 bits per heavy atom. The van der Waals surface area contributed by atoms with Crippen molar-refractivity contribution >= 4 is 17.3 Å². The fraction of sp³-hybridized carbons (Fsp3) is 0.360. The van der Waals surface area contributed by atoms with E-state index in [1.165, 1.54) is 17.0 Å². The molecule has 2 N–H and O–H groups in total. The van der Waals surface area contributed by atoms with Crippen molar-refractivity contribution < 1.29 is 9.53 Å². The Bertz CT molecular complexity index is 1280. The monoisotopic (exact) mass is 445 g/mol. The maximum atomic E-state index is 12.8. The summed E-state index contributed by atoms with van der Waals surface area (Å²) in [5.41, 5.74) is 1.73. The minimum absolute atomic E-state index is 0.0626. The van der Waals surface area contributed by atoms with Crippen molar-refractivity contribution in [1.29, 1.82) is 0 Å². The topological polar surface area (TPSA) is 101 Å². The van der Waals surface area contributed by atoms with Crippen molar-refractivity contribution in [2.75, 3.05) is 0 Å². The van der Waals surface area contributed by atoms with Gasteiger partial charge in [-0.15, -0.1) is 0 Å². The summed E-state index contributed by atoms with van der Waals surface area (Å²) in [6.45, 7) is 0.0626. The van der Waals surface area contributed by atoms with Crippen molar-refractivity contribution in [3.8, 4) is 5.75 Å². The number of nitrogens with zero attached hydrogens (tertiary/aromatic N) is 3. The van der Waals surface area contributed by atoms with Crippen LogP contribution in [0, 0.1) is 0 Å². The lowest BCUT2D eigenvalue weighted by atomic mass is 9.95. The Morgan fingerprint density at radius 1 is 1.18 bits per heavy atom. The first kappa shape index (κ1) is 21.2. The molecule has 1 fully saturated rings. The fourth-order valence-corrected chi connectivity index (χ4v) is 4.39. The van der Waals surface area contributed by atoms with E-state index in [2.05, 4.69) is 26.5 Å². The number of nitrogens with one attached hydrogen (secondary N) is 2. The number of rotatable bonds is 6. The number of aromatic amines is 1. The Labute approximate surface area is 191 Å². The molecule has 5 rings (SSSR count). The predicted molar refractivity (Wildman–Crippen MR) is 125 cm³/mol. The number of carbonyl (C=O) groups is 1. The number of hydrogen-bond acceptors (Lipinski definition) is 5. The summed E-state index contributed by atoms with van der Waals surface area (Å²) < 4.78 is 7.27. The highest BCUT2D eigenvalue weighted by atomic mass is 16.5. The molecule has 0 atom stereocenters. The molecule has 8 nitrogen and oxygen atoms in total. The average molecular weight is 446 g/mol. The van der Waals surface area contributed by atoms with Crippen molar-refractivity contribution in [2.24, 2.45) is 0 Å². The van der Waals surface area contributed by atoms with Crippen molar-refractivity contribution in [1.82, 2.24) is 24.9 Å². The SMILES string of the molecule is O=C(NC1CCCCC1)c1ccccc1OCc1cc(=O)n2[nH]c(C3=CC=CCC3)nc2n1. The van der Waals surface area contributed by atoms with Gasteiger partial charge in [-0.2, -0.15) is 9.50 Å². The number of H-pyrrole nitrogens is 1. The Balaban J connectivity index is 1.32. The van der Waals surface area contributed by atoms with Crippen LogP contribution in [0.1, 0.15) is 66.8 Å². The number of fused-ring (bicyclic) bond motifs is 1. The molecule has 0 unspecified atom stereocenters. The molecule has 2 aliphatic carbocycles. The molecule has 0 radical (unpaired) electrons. The van der Waals surface area contributed by atoms with Crippen LogP contribution in [0.15, 0.2) is 53.4 Å². The molecule has 170 valence electrons. The number of carbonyl (C=O) groups excluding carboxylic acids is 1. The lowest BCUT2D eigenvalue weighted by Crippen LogP contribution is -2.36. The summed E-state index contributed by atoms with van der Waals surface area (Å²) in [6.07, 6.45) is 13.4. The number of para-hydroxylation sites is 1. The maximum absolute atomic E-state index is 12.8. The molecule has 1 aromatic carbocycles. The van der Waals surface area contributed by atoms with E-state index < -0.39 is 0 Å². The quantitative estimate of drug-likeness (QED) is 0.601. The number of hydrogen-bond donors (Lipinski definition) is 2. The molecule has 0 spiro atoms. The molecule has 0 aliphatic heterocycles. The second-order valence-electron chi connectivity index (χ2n) is 8.55. The highest BCUT2D eigenvalue weighted by Gasteiger charge is 2.19. The Hall–Kier alpha value is -3.68. The van der Waals surface area contributed by atoms with Gasteiger partial charge in [-0.05, 0) is 43.4 Å². The molecule has 8 heteroatoms. The molecule has 1 amide bonds. The van der Waals surface area contributed by atoms with Crippen LogP contribution in [-0.2, 0) is 6.61 Å². The lowest BCUT2D eigenvalue weighted by Gasteiger charge is -2.23. The molecule has 0 saturated heterocycles. The number of amides is 1. The van der Waals surface area contributed by atoms with E-state index in [1.807, 2.05) is 24.3 Å². The van der Waals surface area contributed by atoms with Crippen molar-refractivity contribution in [3.05, 3.63) is 76.0 Å². The maximum Gasteiger partial charge on any atom is 0.274 e. The standard InChI is InChI=1S/C25H27N5O3/c31-22-15-19(27-25-28-23(29-30(22)25)17-9-3-1-4-10-17)16-33-21-14-8-7-13-20(21)24(32)26-18-11-5-2-6-12-18/h1,3,7-9,13-15,18H,2,4-6,10-12,16H2,(H,26,32)(H,27,28,29). The van der Waals surface area contributed by atoms with Gasteiger partial charge in [0.05, 0.1) is 11.3 Å². The molecule has 2 heterocycles.